The van der Waals surface area contributed by atoms with Gasteiger partial charge in [-0.2, -0.15) is 10.2 Å². The van der Waals surface area contributed by atoms with Crippen molar-refractivity contribution >= 4 is 5.91 Å². The van der Waals surface area contributed by atoms with Gasteiger partial charge < -0.3 is 14.2 Å². The molecule has 1 aliphatic carbocycles. The molecule has 7 heteroatoms. The first kappa shape index (κ1) is 15.3. The maximum absolute atomic E-state index is 12.7. The molecule has 1 unspecified atom stereocenters. The van der Waals surface area contributed by atoms with Gasteiger partial charge in [-0.3, -0.25) is 4.79 Å². The van der Waals surface area contributed by atoms with Crippen LogP contribution >= 0.6 is 0 Å². The van der Waals surface area contributed by atoms with E-state index in [9.17, 15) is 4.79 Å². The lowest BCUT2D eigenvalue weighted by Gasteiger charge is -2.34. The molecule has 1 fully saturated rings. The largest absolute Gasteiger partial charge is 0.375 e. The third-order valence-corrected chi connectivity index (χ3v) is 4.77. The molecular weight excluding hydrogens is 306 g/mol. The van der Waals surface area contributed by atoms with Gasteiger partial charge in [-0.25, -0.2) is 4.98 Å². The Kier molecular flexibility index (Phi) is 4.02. The highest BCUT2D eigenvalue weighted by Crippen LogP contribution is 2.30. The zero-order valence-electron chi connectivity index (χ0n) is 13.8. The van der Waals surface area contributed by atoms with Gasteiger partial charge in [-0.05, 0) is 31.7 Å². The van der Waals surface area contributed by atoms with Gasteiger partial charge in [0, 0.05) is 19.7 Å². The van der Waals surface area contributed by atoms with Crippen molar-refractivity contribution in [3.63, 3.8) is 0 Å². The molecule has 126 valence electrons. The highest BCUT2D eigenvalue weighted by atomic mass is 16.5. The summed E-state index contributed by atoms with van der Waals surface area (Å²) >= 11 is 0. The van der Waals surface area contributed by atoms with Gasteiger partial charge in [0.2, 0.25) is 0 Å². The van der Waals surface area contributed by atoms with Crippen LogP contribution in [0.25, 0.3) is 0 Å². The molecule has 0 aromatic carbocycles. The summed E-state index contributed by atoms with van der Waals surface area (Å²) in [4.78, 5) is 19.1. The zero-order valence-corrected chi connectivity index (χ0v) is 13.8. The number of hydrogen-bond acceptors (Lipinski definition) is 5. The van der Waals surface area contributed by atoms with Crippen molar-refractivity contribution in [3.8, 4) is 0 Å². The van der Waals surface area contributed by atoms with E-state index in [4.69, 9.17) is 4.74 Å². The fourth-order valence-electron chi connectivity index (χ4n) is 3.15. The van der Waals surface area contributed by atoms with Crippen LogP contribution in [0.1, 0.15) is 47.7 Å². The molecule has 0 spiro atoms. The van der Waals surface area contributed by atoms with Crippen LogP contribution in [0.4, 0.5) is 0 Å². The minimum absolute atomic E-state index is 0.0295. The summed E-state index contributed by atoms with van der Waals surface area (Å²) < 4.78 is 7.98. The van der Waals surface area contributed by atoms with E-state index in [0.29, 0.717) is 18.7 Å². The number of carbonyl (C=O) groups is 1. The van der Waals surface area contributed by atoms with Crippen LogP contribution < -0.4 is 0 Å². The molecule has 1 atom stereocenters. The third-order valence-electron chi connectivity index (χ3n) is 4.77. The average Bonchev–Trinajstić information content (AvgIpc) is 3.34. The predicted octanol–water partition coefficient (Wildman–Crippen LogP) is 1.82. The number of amides is 1. The fraction of sp³-hybridized carbons (Fsp3) is 0.529. The van der Waals surface area contributed by atoms with Gasteiger partial charge >= 0.3 is 0 Å². The Labute approximate surface area is 140 Å². The number of imidazole rings is 1. The number of carbonyl (C=O) groups excluding carboxylic acids is 1. The van der Waals surface area contributed by atoms with Crippen LogP contribution in [0.15, 0.2) is 24.7 Å². The lowest BCUT2D eigenvalue weighted by molar-refractivity contribution is 0.0626. The molecule has 4 rings (SSSR count). The maximum Gasteiger partial charge on any atom is 0.256 e. The molecule has 2 aromatic heterocycles. The Morgan fingerprint density at radius 2 is 2.17 bits per heavy atom. The molecule has 7 nitrogen and oxygen atoms in total. The molecular formula is C17H21N5O2. The van der Waals surface area contributed by atoms with Gasteiger partial charge in [0.1, 0.15) is 5.82 Å². The lowest BCUT2D eigenvalue weighted by Crippen LogP contribution is -2.41. The van der Waals surface area contributed by atoms with Crippen molar-refractivity contribution < 1.29 is 9.53 Å². The summed E-state index contributed by atoms with van der Waals surface area (Å²) in [6, 6.07) is 1.62. The molecule has 1 amide bonds. The average molecular weight is 327 g/mol. The van der Waals surface area contributed by atoms with Crippen molar-refractivity contribution in [2.45, 2.75) is 39.0 Å². The SMILES string of the molecule is CC1c2ncc(COCC3CC3)n2CCN1C(=O)c1ccnnc1. The molecule has 1 aliphatic heterocycles. The van der Waals surface area contributed by atoms with E-state index in [1.54, 1.807) is 6.07 Å². The Morgan fingerprint density at radius 3 is 2.92 bits per heavy atom. The first-order valence-electron chi connectivity index (χ1n) is 8.43. The molecule has 0 bridgehead atoms. The number of fused-ring (bicyclic) bond motifs is 1. The molecule has 1 saturated carbocycles. The second kappa shape index (κ2) is 6.32. The van der Waals surface area contributed by atoms with Crippen LogP contribution in [-0.4, -0.2) is 43.7 Å². The topological polar surface area (TPSA) is 73.1 Å². The van der Waals surface area contributed by atoms with Gasteiger partial charge in [0.25, 0.3) is 5.91 Å². The second-order valence-corrected chi connectivity index (χ2v) is 6.52. The molecule has 0 radical (unpaired) electrons. The molecule has 3 heterocycles. The lowest BCUT2D eigenvalue weighted by atomic mass is 10.1. The van der Waals surface area contributed by atoms with Crippen LogP contribution in [0.3, 0.4) is 0 Å². The summed E-state index contributed by atoms with van der Waals surface area (Å²) in [6.45, 7) is 4.85. The van der Waals surface area contributed by atoms with Crippen molar-refractivity contribution in [1.82, 2.24) is 24.6 Å². The van der Waals surface area contributed by atoms with E-state index >= 15 is 0 Å². The summed E-state index contributed by atoms with van der Waals surface area (Å²) in [5.41, 5.74) is 1.65. The first-order valence-corrected chi connectivity index (χ1v) is 8.43. The normalized spacial score (nSPS) is 20.0. The Hall–Kier alpha value is -2.28. The predicted molar refractivity (Wildman–Crippen MR) is 86.1 cm³/mol. The minimum atomic E-state index is -0.0726. The Morgan fingerprint density at radius 1 is 1.29 bits per heavy atom. The maximum atomic E-state index is 12.7. The van der Waals surface area contributed by atoms with E-state index in [0.717, 1.165) is 30.6 Å². The van der Waals surface area contributed by atoms with E-state index in [2.05, 4.69) is 19.7 Å². The molecule has 0 N–H and O–H groups in total. The second-order valence-electron chi connectivity index (χ2n) is 6.52. The monoisotopic (exact) mass is 327 g/mol. The molecule has 24 heavy (non-hydrogen) atoms. The highest BCUT2D eigenvalue weighted by molar-refractivity contribution is 5.94. The number of hydrogen-bond donors (Lipinski definition) is 0. The van der Waals surface area contributed by atoms with Crippen molar-refractivity contribution in [3.05, 3.63) is 41.7 Å². The Balaban J connectivity index is 1.47. The number of aromatic nitrogens is 4. The summed E-state index contributed by atoms with van der Waals surface area (Å²) in [7, 11) is 0. The van der Waals surface area contributed by atoms with Gasteiger partial charge in [-0.1, -0.05) is 0 Å². The number of nitrogens with zero attached hydrogens (tertiary/aromatic N) is 5. The summed E-state index contributed by atoms with van der Waals surface area (Å²) in [5, 5.41) is 7.52. The van der Waals surface area contributed by atoms with Crippen molar-refractivity contribution in [1.29, 1.82) is 0 Å². The van der Waals surface area contributed by atoms with E-state index in [1.807, 2.05) is 18.0 Å². The van der Waals surface area contributed by atoms with E-state index in [1.165, 1.54) is 25.2 Å². The quantitative estimate of drug-likeness (QED) is 0.837. The van der Waals surface area contributed by atoms with Crippen LogP contribution in [-0.2, 0) is 17.9 Å². The van der Waals surface area contributed by atoms with Gasteiger partial charge in [0.15, 0.2) is 0 Å². The van der Waals surface area contributed by atoms with Crippen molar-refractivity contribution in [2.75, 3.05) is 13.2 Å². The highest BCUT2D eigenvalue weighted by Gasteiger charge is 2.31. The van der Waals surface area contributed by atoms with Crippen LogP contribution in [0.5, 0.6) is 0 Å². The van der Waals surface area contributed by atoms with Gasteiger partial charge in [-0.15, -0.1) is 0 Å². The van der Waals surface area contributed by atoms with E-state index in [-0.39, 0.29) is 11.9 Å². The van der Waals surface area contributed by atoms with E-state index < -0.39 is 0 Å². The summed E-state index contributed by atoms with van der Waals surface area (Å²) in [6.07, 6.45) is 7.51. The van der Waals surface area contributed by atoms with Crippen molar-refractivity contribution in [2.24, 2.45) is 5.92 Å². The molecule has 2 aromatic rings. The fourth-order valence-corrected chi connectivity index (χ4v) is 3.15. The standard InChI is InChI=1S/C17H21N5O2/c1-12-16-18-9-15(11-24-10-13-2-3-13)22(16)7-6-21(12)17(23)14-4-5-19-20-8-14/h4-5,8-9,12-13H,2-3,6-7,10-11H2,1H3. The molecule has 0 saturated heterocycles. The van der Waals surface area contributed by atoms with Gasteiger partial charge in [0.05, 0.1) is 42.5 Å². The Bertz CT molecular complexity index is 726. The molecule has 2 aliphatic rings. The summed E-state index contributed by atoms with van der Waals surface area (Å²) in [5.74, 6) is 1.65. The minimum Gasteiger partial charge on any atom is -0.375 e. The first-order chi connectivity index (χ1) is 11.7. The third kappa shape index (κ3) is 2.91. The zero-order chi connectivity index (χ0) is 16.5. The number of rotatable bonds is 5. The smallest absolute Gasteiger partial charge is 0.256 e. The number of ether oxygens (including phenoxy) is 1. The van der Waals surface area contributed by atoms with Crippen LogP contribution in [0.2, 0.25) is 0 Å². The van der Waals surface area contributed by atoms with Crippen LogP contribution in [0, 0.1) is 5.92 Å².